The number of alkyl halides is 2. The summed E-state index contributed by atoms with van der Waals surface area (Å²) in [5.74, 6) is 1.37. The van der Waals surface area contributed by atoms with Crippen molar-refractivity contribution in [2.45, 2.75) is 91.4 Å². The van der Waals surface area contributed by atoms with Crippen molar-refractivity contribution in [2.24, 2.45) is 17.8 Å². The molecule has 4 atom stereocenters. The number of esters is 1. The number of carbonyl (C=O) groups is 1. The van der Waals surface area contributed by atoms with Crippen LogP contribution >= 0.6 is 15.9 Å². The zero-order valence-electron chi connectivity index (χ0n) is 21.0. The smallest absolute Gasteiger partial charge is 0.387 e. The quantitative estimate of drug-likeness (QED) is 0.335. The second-order valence-electron chi connectivity index (χ2n) is 10.9. The summed E-state index contributed by atoms with van der Waals surface area (Å²) in [7, 11) is 0. The molecule has 0 amide bonds. The Bertz CT molecular complexity index is 975. The van der Waals surface area contributed by atoms with E-state index in [0.717, 1.165) is 43.9 Å². The van der Waals surface area contributed by atoms with Gasteiger partial charge in [-0.2, -0.15) is 8.78 Å². The molecule has 4 nitrogen and oxygen atoms in total. The second kappa shape index (κ2) is 11.4. The van der Waals surface area contributed by atoms with E-state index >= 15 is 0 Å². The highest BCUT2D eigenvalue weighted by Crippen LogP contribution is 2.35. The summed E-state index contributed by atoms with van der Waals surface area (Å²) in [5.41, 5.74) is -0.457. The van der Waals surface area contributed by atoms with E-state index in [1.807, 2.05) is 33.0 Å². The summed E-state index contributed by atoms with van der Waals surface area (Å²) < 4.78 is 37.2. The van der Waals surface area contributed by atoms with Crippen LogP contribution in [0.3, 0.4) is 0 Å². The van der Waals surface area contributed by atoms with E-state index < -0.39 is 12.2 Å². The topological polar surface area (TPSA) is 38.8 Å². The Balaban J connectivity index is 1.74. The highest BCUT2D eigenvalue weighted by molar-refractivity contribution is 9.10. The first-order chi connectivity index (χ1) is 15.9. The summed E-state index contributed by atoms with van der Waals surface area (Å²) in [4.78, 5) is 14.7. The molecule has 0 bridgehead atoms. The van der Waals surface area contributed by atoms with E-state index in [1.54, 1.807) is 6.07 Å². The van der Waals surface area contributed by atoms with Crippen LogP contribution in [0.25, 0.3) is 12.3 Å². The van der Waals surface area contributed by atoms with Crippen LogP contribution in [0.1, 0.15) is 73.1 Å². The van der Waals surface area contributed by atoms with E-state index in [4.69, 9.17) is 9.47 Å². The summed E-state index contributed by atoms with van der Waals surface area (Å²) >= 11 is 3.38. The summed E-state index contributed by atoms with van der Waals surface area (Å²) in [6, 6.07) is 3.96. The van der Waals surface area contributed by atoms with Crippen LogP contribution in [0.5, 0.6) is 5.75 Å². The van der Waals surface area contributed by atoms with Crippen molar-refractivity contribution in [1.82, 2.24) is 4.90 Å². The minimum atomic E-state index is -2.88. The number of rotatable bonds is 6. The third-order valence-electron chi connectivity index (χ3n) is 7.03. The maximum absolute atomic E-state index is 13.1. The Labute approximate surface area is 210 Å². The molecule has 1 aromatic rings. The molecule has 0 radical (unpaired) electrons. The van der Waals surface area contributed by atoms with Gasteiger partial charge in [-0.1, -0.05) is 25.5 Å². The zero-order valence-corrected chi connectivity index (χ0v) is 22.5. The minimum absolute atomic E-state index is 0.110. The second-order valence-corrected chi connectivity index (χ2v) is 11.8. The summed E-state index contributed by atoms with van der Waals surface area (Å²) in [5, 5.41) is 1.61. The van der Waals surface area contributed by atoms with E-state index in [1.165, 1.54) is 0 Å². The van der Waals surface area contributed by atoms with E-state index in [2.05, 4.69) is 40.8 Å². The lowest BCUT2D eigenvalue weighted by Gasteiger charge is -2.30. The van der Waals surface area contributed by atoms with Crippen LogP contribution in [-0.4, -0.2) is 35.7 Å². The summed E-state index contributed by atoms with van der Waals surface area (Å²) in [6.45, 7) is 8.12. The lowest BCUT2D eigenvalue weighted by atomic mass is 9.87. The van der Waals surface area contributed by atoms with Crippen LogP contribution in [0.15, 0.2) is 16.6 Å². The van der Waals surface area contributed by atoms with Crippen LogP contribution in [0.4, 0.5) is 8.78 Å². The van der Waals surface area contributed by atoms with Crippen LogP contribution in [0.2, 0.25) is 0 Å². The highest BCUT2D eigenvalue weighted by Gasteiger charge is 2.29. The third-order valence-corrected chi connectivity index (χ3v) is 7.65. The normalized spacial score (nSPS) is 25.5. The van der Waals surface area contributed by atoms with Gasteiger partial charge in [0.15, 0.2) is 0 Å². The lowest BCUT2D eigenvalue weighted by molar-refractivity contribution is -0.156. The molecule has 1 aliphatic heterocycles. The molecule has 0 spiro atoms. The SMILES string of the molecule is CC1CCC(CN2C=c3c(OC(F)F)c(Br)ccc3=CCC2C)CCC1CC(=O)OC(C)(C)C. The van der Waals surface area contributed by atoms with E-state index in [0.29, 0.717) is 33.9 Å². The fourth-order valence-corrected chi connectivity index (χ4v) is 5.50. The number of nitrogens with zero attached hydrogens (tertiary/aromatic N) is 1. The zero-order chi connectivity index (χ0) is 25.0. The number of carbonyl (C=O) groups excluding carboxylic acids is 1. The molecule has 4 unspecified atom stereocenters. The Morgan fingerprint density at radius 2 is 1.88 bits per heavy atom. The maximum Gasteiger partial charge on any atom is 0.387 e. The molecule has 1 aliphatic carbocycles. The third kappa shape index (κ3) is 7.43. The molecule has 34 heavy (non-hydrogen) atoms. The molecule has 7 heteroatoms. The van der Waals surface area contributed by atoms with Crippen molar-refractivity contribution >= 4 is 34.2 Å². The van der Waals surface area contributed by atoms with Gasteiger partial charge in [0.05, 0.1) is 4.47 Å². The van der Waals surface area contributed by atoms with Crippen LogP contribution in [-0.2, 0) is 9.53 Å². The van der Waals surface area contributed by atoms with Crippen molar-refractivity contribution < 1.29 is 23.0 Å². The first-order valence-corrected chi connectivity index (χ1v) is 13.1. The predicted molar refractivity (Wildman–Crippen MR) is 135 cm³/mol. The van der Waals surface area contributed by atoms with Crippen molar-refractivity contribution in [3.63, 3.8) is 0 Å². The van der Waals surface area contributed by atoms with Gasteiger partial charge in [-0.25, -0.2) is 0 Å². The van der Waals surface area contributed by atoms with Crippen molar-refractivity contribution in [3.8, 4) is 5.75 Å². The molecule has 1 aromatic carbocycles. The standard InChI is InChI=1S/C27H38BrF2NO3/c1-17-6-8-19(9-11-21(17)14-24(32)34-27(3,4)5)15-31-16-22-20(10-7-18(31)2)12-13-23(28)25(22)33-26(29)30/h10,12-13,16-19,21,26H,6-9,11,14-15H2,1-5H3. The lowest BCUT2D eigenvalue weighted by Crippen LogP contribution is -2.35. The van der Waals surface area contributed by atoms with Gasteiger partial charge in [0.2, 0.25) is 0 Å². The van der Waals surface area contributed by atoms with E-state index in [-0.39, 0.29) is 17.8 Å². The molecule has 1 fully saturated rings. The monoisotopic (exact) mass is 541 g/mol. The Morgan fingerprint density at radius 1 is 1.18 bits per heavy atom. The number of halogens is 3. The van der Waals surface area contributed by atoms with Crippen molar-refractivity contribution in [2.75, 3.05) is 6.54 Å². The fourth-order valence-electron chi connectivity index (χ4n) is 5.06. The molecule has 2 aliphatic rings. The molecular formula is C27H38BrF2NO3. The molecule has 1 heterocycles. The molecule has 0 N–H and O–H groups in total. The van der Waals surface area contributed by atoms with Crippen LogP contribution < -0.4 is 15.2 Å². The van der Waals surface area contributed by atoms with Crippen molar-refractivity contribution in [1.29, 1.82) is 0 Å². The maximum atomic E-state index is 13.1. The average molecular weight is 543 g/mol. The Hall–Kier alpha value is -1.63. The number of benzene rings is 1. The van der Waals surface area contributed by atoms with Gasteiger partial charge >= 0.3 is 12.6 Å². The first-order valence-electron chi connectivity index (χ1n) is 12.4. The predicted octanol–water partition coefficient (Wildman–Crippen LogP) is 5.84. The van der Waals surface area contributed by atoms with Gasteiger partial charge in [0.1, 0.15) is 11.4 Å². The molecule has 0 saturated heterocycles. The van der Waals surface area contributed by atoms with E-state index in [9.17, 15) is 13.6 Å². The molecule has 3 rings (SSSR count). The number of hydrogen-bond acceptors (Lipinski definition) is 4. The van der Waals surface area contributed by atoms with Gasteiger partial charge in [-0.15, -0.1) is 0 Å². The number of fused-ring (bicyclic) bond motifs is 1. The molecule has 190 valence electrons. The molecular weight excluding hydrogens is 504 g/mol. The van der Waals surface area contributed by atoms with Gasteiger partial charge in [0.25, 0.3) is 0 Å². The fraction of sp³-hybridized carbons (Fsp3) is 0.667. The highest BCUT2D eigenvalue weighted by atomic mass is 79.9. The van der Waals surface area contributed by atoms with Gasteiger partial charge in [-0.3, -0.25) is 4.79 Å². The Morgan fingerprint density at radius 3 is 2.56 bits per heavy atom. The Kier molecular flexibility index (Phi) is 9.04. The van der Waals surface area contributed by atoms with Gasteiger partial charge in [0, 0.05) is 30.4 Å². The molecule has 1 saturated carbocycles. The van der Waals surface area contributed by atoms with Crippen LogP contribution in [0, 0.1) is 17.8 Å². The number of hydrogen-bond donors (Lipinski definition) is 0. The largest absolute Gasteiger partial charge is 0.460 e. The minimum Gasteiger partial charge on any atom is -0.460 e. The van der Waals surface area contributed by atoms with Gasteiger partial charge < -0.3 is 14.4 Å². The van der Waals surface area contributed by atoms with Gasteiger partial charge in [-0.05, 0) is 98.3 Å². The molecule has 0 aromatic heterocycles. The average Bonchev–Trinajstić information content (AvgIpc) is 2.98. The van der Waals surface area contributed by atoms with Crippen molar-refractivity contribution in [3.05, 3.63) is 27.0 Å². The summed E-state index contributed by atoms with van der Waals surface area (Å²) in [6.07, 6.45) is 9.63. The first kappa shape index (κ1) is 27.0. The number of ether oxygens (including phenoxy) is 2.